The lowest BCUT2D eigenvalue weighted by Crippen LogP contribution is -2.36. The number of halogens is 1. The third-order valence-corrected chi connectivity index (χ3v) is 4.57. The summed E-state index contributed by atoms with van der Waals surface area (Å²) in [4.78, 5) is 8.16. The molecule has 16 heavy (non-hydrogen) atoms. The van der Waals surface area contributed by atoms with Crippen molar-refractivity contribution in [1.29, 1.82) is 0 Å². The second-order valence-corrected chi connectivity index (χ2v) is 5.88. The molecule has 0 radical (unpaired) electrons. The molecule has 0 amide bonds. The first-order valence-corrected chi connectivity index (χ1v) is 6.88. The molecular formula is C10H14ClN3OS. The lowest BCUT2D eigenvalue weighted by molar-refractivity contribution is 0.518. The SMILES string of the molecule is Cc1cnc([S@](=O)[C@H]2CCCNC2)nc1Cl. The zero-order valence-electron chi connectivity index (χ0n) is 9.07. The minimum atomic E-state index is -1.16. The van der Waals surface area contributed by atoms with Crippen molar-refractivity contribution >= 4 is 22.4 Å². The van der Waals surface area contributed by atoms with Crippen LogP contribution >= 0.6 is 11.6 Å². The van der Waals surface area contributed by atoms with Gasteiger partial charge < -0.3 is 5.32 Å². The molecule has 88 valence electrons. The third kappa shape index (κ3) is 2.59. The summed E-state index contributed by atoms with van der Waals surface area (Å²) in [5.41, 5.74) is 0.809. The van der Waals surface area contributed by atoms with Crippen LogP contribution in [-0.4, -0.2) is 32.5 Å². The molecule has 0 unspecified atom stereocenters. The van der Waals surface area contributed by atoms with Gasteiger partial charge in [-0.05, 0) is 26.3 Å². The number of rotatable bonds is 2. The van der Waals surface area contributed by atoms with Gasteiger partial charge in [0, 0.05) is 18.3 Å². The molecule has 0 aromatic carbocycles. The van der Waals surface area contributed by atoms with Gasteiger partial charge in [-0.1, -0.05) is 11.6 Å². The van der Waals surface area contributed by atoms with E-state index in [1.54, 1.807) is 6.20 Å². The summed E-state index contributed by atoms with van der Waals surface area (Å²) in [5.74, 6) is 0. The van der Waals surface area contributed by atoms with Crippen molar-refractivity contribution < 1.29 is 4.21 Å². The molecule has 0 aliphatic carbocycles. The molecule has 1 aliphatic heterocycles. The van der Waals surface area contributed by atoms with Crippen LogP contribution in [0.3, 0.4) is 0 Å². The van der Waals surface area contributed by atoms with Gasteiger partial charge in [0.1, 0.15) is 5.15 Å². The first-order chi connectivity index (χ1) is 7.68. The Morgan fingerprint density at radius 1 is 1.62 bits per heavy atom. The summed E-state index contributed by atoms with van der Waals surface area (Å²) in [6.07, 6.45) is 3.63. The van der Waals surface area contributed by atoms with Crippen molar-refractivity contribution in [3.63, 3.8) is 0 Å². The fourth-order valence-corrected chi connectivity index (χ4v) is 3.12. The Morgan fingerprint density at radius 3 is 3.06 bits per heavy atom. The fraction of sp³-hybridized carbons (Fsp3) is 0.600. The molecule has 1 saturated heterocycles. The second-order valence-electron chi connectivity index (χ2n) is 3.89. The maximum atomic E-state index is 12.2. The number of piperidine rings is 1. The Balaban J connectivity index is 2.16. The highest BCUT2D eigenvalue weighted by molar-refractivity contribution is 7.85. The van der Waals surface area contributed by atoms with E-state index in [0.29, 0.717) is 10.3 Å². The Morgan fingerprint density at radius 2 is 2.44 bits per heavy atom. The lowest BCUT2D eigenvalue weighted by Gasteiger charge is -2.21. The topological polar surface area (TPSA) is 54.9 Å². The summed E-state index contributed by atoms with van der Waals surface area (Å²) in [7, 11) is -1.16. The summed E-state index contributed by atoms with van der Waals surface area (Å²) >= 11 is 5.90. The monoisotopic (exact) mass is 259 g/mol. The first-order valence-electron chi connectivity index (χ1n) is 5.29. The zero-order chi connectivity index (χ0) is 11.5. The van der Waals surface area contributed by atoms with Crippen LogP contribution in [-0.2, 0) is 10.8 Å². The average molecular weight is 260 g/mol. The van der Waals surface area contributed by atoms with Crippen LogP contribution in [0.1, 0.15) is 18.4 Å². The van der Waals surface area contributed by atoms with Gasteiger partial charge in [-0.15, -0.1) is 0 Å². The smallest absolute Gasteiger partial charge is 0.220 e. The van der Waals surface area contributed by atoms with Crippen LogP contribution in [0.15, 0.2) is 11.4 Å². The molecule has 4 nitrogen and oxygen atoms in total. The Labute approximate surface area is 102 Å². The van der Waals surface area contributed by atoms with Gasteiger partial charge in [-0.25, -0.2) is 9.97 Å². The molecule has 2 atom stereocenters. The summed E-state index contributed by atoms with van der Waals surface area (Å²) in [6.45, 7) is 3.60. The van der Waals surface area contributed by atoms with E-state index in [2.05, 4.69) is 15.3 Å². The predicted molar refractivity (Wildman–Crippen MR) is 64.1 cm³/mol. The molecule has 1 aliphatic rings. The second kappa shape index (κ2) is 5.21. The summed E-state index contributed by atoms with van der Waals surface area (Å²) < 4.78 is 12.2. The Hall–Kier alpha value is -0.520. The van der Waals surface area contributed by atoms with E-state index in [0.717, 1.165) is 31.5 Å². The van der Waals surface area contributed by atoms with E-state index in [-0.39, 0.29) is 5.25 Å². The predicted octanol–water partition coefficient (Wildman–Crippen LogP) is 1.30. The van der Waals surface area contributed by atoms with Gasteiger partial charge >= 0.3 is 0 Å². The normalized spacial score (nSPS) is 23.0. The molecule has 0 saturated carbocycles. The lowest BCUT2D eigenvalue weighted by atomic mass is 10.2. The van der Waals surface area contributed by atoms with Crippen molar-refractivity contribution in [2.75, 3.05) is 13.1 Å². The third-order valence-electron chi connectivity index (χ3n) is 2.62. The van der Waals surface area contributed by atoms with E-state index in [9.17, 15) is 4.21 Å². The highest BCUT2D eigenvalue weighted by Crippen LogP contribution is 2.17. The highest BCUT2D eigenvalue weighted by atomic mass is 35.5. The van der Waals surface area contributed by atoms with Crippen molar-refractivity contribution in [2.45, 2.75) is 30.2 Å². The number of nitrogens with zero attached hydrogens (tertiary/aromatic N) is 2. The molecule has 6 heteroatoms. The van der Waals surface area contributed by atoms with Gasteiger partial charge in [0.2, 0.25) is 5.16 Å². The number of hydrogen-bond donors (Lipinski definition) is 1. The van der Waals surface area contributed by atoms with Crippen molar-refractivity contribution in [3.8, 4) is 0 Å². The van der Waals surface area contributed by atoms with Crippen LogP contribution in [0, 0.1) is 6.92 Å². The number of nitrogens with one attached hydrogen (secondary N) is 1. The van der Waals surface area contributed by atoms with E-state index in [1.807, 2.05) is 6.92 Å². The molecule has 1 aromatic rings. The van der Waals surface area contributed by atoms with Crippen molar-refractivity contribution in [3.05, 3.63) is 16.9 Å². The Bertz CT molecular complexity index is 407. The first kappa shape index (κ1) is 12.0. The van der Waals surface area contributed by atoms with Gasteiger partial charge in [-0.2, -0.15) is 0 Å². The zero-order valence-corrected chi connectivity index (χ0v) is 10.6. The van der Waals surface area contributed by atoms with Crippen LogP contribution in [0.4, 0.5) is 0 Å². The van der Waals surface area contributed by atoms with Gasteiger partial charge in [0.05, 0.1) is 16.0 Å². The molecule has 1 fully saturated rings. The quantitative estimate of drug-likeness (QED) is 0.643. The Kier molecular flexibility index (Phi) is 3.89. The van der Waals surface area contributed by atoms with Crippen LogP contribution in [0.25, 0.3) is 0 Å². The number of hydrogen-bond acceptors (Lipinski definition) is 4. The fourth-order valence-electron chi connectivity index (χ4n) is 1.65. The maximum absolute atomic E-state index is 12.2. The van der Waals surface area contributed by atoms with Crippen LogP contribution in [0.5, 0.6) is 0 Å². The van der Waals surface area contributed by atoms with Crippen LogP contribution in [0.2, 0.25) is 5.15 Å². The van der Waals surface area contributed by atoms with Crippen LogP contribution < -0.4 is 5.32 Å². The molecule has 2 rings (SSSR count). The van der Waals surface area contributed by atoms with Crippen molar-refractivity contribution in [1.82, 2.24) is 15.3 Å². The standard InChI is InChI=1S/C10H14ClN3OS/c1-7-5-13-10(14-9(7)11)16(15)8-3-2-4-12-6-8/h5,8,12H,2-4,6H2,1H3/t8-,16+/m0/s1. The van der Waals surface area contributed by atoms with E-state index in [1.165, 1.54) is 0 Å². The number of aryl methyl sites for hydroxylation is 1. The number of aromatic nitrogens is 2. The summed E-state index contributed by atoms with van der Waals surface area (Å²) in [6, 6.07) is 0. The molecule has 1 N–H and O–H groups in total. The van der Waals surface area contributed by atoms with Crippen molar-refractivity contribution in [2.24, 2.45) is 0 Å². The molecule has 0 spiro atoms. The van der Waals surface area contributed by atoms with Gasteiger partial charge in [0.15, 0.2) is 0 Å². The largest absolute Gasteiger partial charge is 0.316 e. The average Bonchev–Trinajstić information content (AvgIpc) is 2.33. The minimum absolute atomic E-state index is 0.104. The van der Waals surface area contributed by atoms with E-state index in [4.69, 9.17) is 11.6 Å². The van der Waals surface area contributed by atoms with Gasteiger partial charge in [0.25, 0.3) is 0 Å². The molecule has 2 heterocycles. The summed E-state index contributed by atoms with van der Waals surface area (Å²) in [5, 5.41) is 4.08. The minimum Gasteiger partial charge on any atom is -0.316 e. The van der Waals surface area contributed by atoms with Gasteiger partial charge in [-0.3, -0.25) is 4.21 Å². The van der Waals surface area contributed by atoms with E-state index < -0.39 is 10.8 Å². The molecular weight excluding hydrogens is 246 g/mol. The highest BCUT2D eigenvalue weighted by Gasteiger charge is 2.23. The molecule has 1 aromatic heterocycles. The maximum Gasteiger partial charge on any atom is 0.220 e. The van der Waals surface area contributed by atoms with E-state index >= 15 is 0 Å². The molecule has 0 bridgehead atoms.